The van der Waals surface area contributed by atoms with Crippen LogP contribution in [0, 0.1) is 35.0 Å². The van der Waals surface area contributed by atoms with Gasteiger partial charge in [0.25, 0.3) is 0 Å². The van der Waals surface area contributed by atoms with E-state index in [1.54, 1.807) is 65.0 Å². The van der Waals surface area contributed by atoms with Crippen molar-refractivity contribution < 1.29 is 52.8 Å². The molecular weight excluding hydrogens is 632 g/mol. The minimum Gasteiger partial charge on any atom is -0.458 e. The van der Waals surface area contributed by atoms with E-state index in [4.69, 9.17) is 18.9 Å². The Morgan fingerprint density at radius 1 is 0.959 bits per heavy atom. The van der Waals surface area contributed by atoms with E-state index in [0.717, 1.165) is 6.92 Å². The second-order valence-electron chi connectivity index (χ2n) is 14.2. The van der Waals surface area contributed by atoms with E-state index in [1.165, 1.54) is 32.9 Å². The maximum Gasteiger partial charge on any atom is 0.338 e. The van der Waals surface area contributed by atoms with Crippen molar-refractivity contribution in [1.82, 2.24) is 0 Å². The number of allylic oxidation sites excluding steroid dienone is 1. The van der Waals surface area contributed by atoms with Crippen molar-refractivity contribution in [1.29, 1.82) is 0 Å². The summed E-state index contributed by atoms with van der Waals surface area (Å²) < 4.78 is 23.4. The Morgan fingerprint density at radius 3 is 2.08 bits per heavy atom. The van der Waals surface area contributed by atoms with Crippen molar-refractivity contribution in [3.05, 3.63) is 60.2 Å². The lowest BCUT2D eigenvalue weighted by molar-refractivity contribution is -0.182. The Hall–Kier alpha value is -4.12. The molecule has 6 unspecified atom stereocenters. The highest BCUT2D eigenvalue weighted by molar-refractivity contribution is 5.91. The van der Waals surface area contributed by atoms with Crippen LogP contribution in [0.25, 0.3) is 0 Å². The molecule has 10 atom stereocenters. The van der Waals surface area contributed by atoms with Crippen LogP contribution in [0.3, 0.4) is 0 Å². The average molecular weight is 683 g/mol. The maximum atomic E-state index is 14.5. The standard InChI is InChI=1S/C38H50O11/c1-11-20(2)31(43)28-22(4)32(48-36(45)26-15-13-12-14-16-26)33(46-23(5)39)35(47-24(6)40)37(8,9)18-17-21(3)30(42)27-19-38(10,49-25(7)41)34(44)29(27)28/h12-18,20-21,27-29,32-35,44H,4,11,19H2,1-3,5-10H3/b18-17-/t20?,21-,27?,28?,29?,32-,33+,34?,35?,38+/m1/s1. The second kappa shape index (κ2) is 15.6. The third-order valence-electron chi connectivity index (χ3n) is 9.81. The number of esters is 4. The van der Waals surface area contributed by atoms with Gasteiger partial charge in [0.05, 0.1) is 11.7 Å². The van der Waals surface area contributed by atoms with Gasteiger partial charge in [0.1, 0.15) is 17.2 Å². The van der Waals surface area contributed by atoms with Crippen LogP contribution in [-0.2, 0) is 42.9 Å². The van der Waals surface area contributed by atoms with Gasteiger partial charge in [0.15, 0.2) is 18.3 Å². The molecular formula is C38H50O11. The van der Waals surface area contributed by atoms with Gasteiger partial charge in [-0.2, -0.15) is 0 Å². The van der Waals surface area contributed by atoms with Crippen LogP contribution in [0.15, 0.2) is 54.6 Å². The van der Waals surface area contributed by atoms with Gasteiger partial charge in [-0.3, -0.25) is 24.0 Å². The molecule has 1 fully saturated rings. The molecule has 2 aliphatic rings. The summed E-state index contributed by atoms with van der Waals surface area (Å²) in [5.41, 5.74) is -2.63. The monoisotopic (exact) mass is 682 g/mol. The Labute approximate surface area is 288 Å². The molecule has 1 aromatic carbocycles. The first-order chi connectivity index (χ1) is 22.7. The fourth-order valence-electron chi connectivity index (χ4n) is 7.09. The highest BCUT2D eigenvalue weighted by Gasteiger charge is 2.61. The van der Waals surface area contributed by atoms with Crippen LogP contribution in [0.2, 0.25) is 0 Å². The number of benzene rings is 1. The predicted molar refractivity (Wildman–Crippen MR) is 179 cm³/mol. The van der Waals surface area contributed by atoms with Gasteiger partial charge in [0, 0.05) is 55.8 Å². The SMILES string of the molecule is C=C1C(C(=O)C(C)CC)C2C(C[C@](C)(OC(C)=O)C2O)C(=O)[C@H](C)/C=C\C(C)(C)C(OC(C)=O)[C@@H](OC(C)=O)[C@@H]1OC(=O)c1ccccc1. The first-order valence-corrected chi connectivity index (χ1v) is 16.7. The second-order valence-corrected chi connectivity index (χ2v) is 14.2. The summed E-state index contributed by atoms with van der Waals surface area (Å²) >= 11 is 0. The van der Waals surface area contributed by atoms with Crippen LogP contribution >= 0.6 is 0 Å². The van der Waals surface area contributed by atoms with E-state index in [2.05, 4.69) is 6.58 Å². The summed E-state index contributed by atoms with van der Waals surface area (Å²) in [6.07, 6.45) is -2.41. The molecule has 0 amide bonds. The Balaban J connectivity index is 2.44. The molecule has 0 aliphatic heterocycles. The van der Waals surface area contributed by atoms with E-state index < -0.39 is 94.7 Å². The van der Waals surface area contributed by atoms with Gasteiger partial charge in [-0.1, -0.05) is 71.5 Å². The summed E-state index contributed by atoms with van der Waals surface area (Å²) in [5, 5.41) is 12.0. The number of aliphatic hydroxyl groups is 1. The highest BCUT2D eigenvalue weighted by atomic mass is 16.6. The lowest BCUT2D eigenvalue weighted by Crippen LogP contribution is -2.54. The third kappa shape index (κ3) is 8.73. The number of fused-ring (bicyclic) bond motifs is 1. The van der Waals surface area contributed by atoms with Crippen molar-refractivity contribution in [2.75, 3.05) is 0 Å². The molecule has 11 nitrogen and oxygen atoms in total. The number of hydrogen-bond acceptors (Lipinski definition) is 11. The molecule has 1 aromatic rings. The molecule has 1 saturated carbocycles. The molecule has 0 bridgehead atoms. The van der Waals surface area contributed by atoms with Gasteiger partial charge in [0.2, 0.25) is 0 Å². The van der Waals surface area contributed by atoms with Crippen LogP contribution in [0.4, 0.5) is 0 Å². The van der Waals surface area contributed by atoms with Gasteiger partial charge >= 0.3 is 23.9 Å². The Morgan fingerprint density at radius 2 is 1.55 bits per heavy atom. The largest absolute Gasteiger partial charge is 0.458 e. The van der Waals surface area contributed by atoms with E-state index >= 15 is 0 Å². The van der Waals surface area contributed by atoms with Gasteiger partial charge in [-0.15, -0.1) is 0 Å². The quantitative estimate of drug-likeness (QED) is 0.224. The number of rotatable bonds is 8. The lowest BCUT2D eigenvalue weighted by atomic mass is 9.68. The van der Waals surface area contributed by atoms with Crippen LogP contribution in [-0.4, -0.2) is 70.6 Å². The molecule has 268 valence electrons. The lowest BCUT2D eigenvalue weighted by Gasteiger charge is -2.43. The number of hydrogen-bond donors (Lipinski definition) is 1. The molecule has 0 spiro atoms. The average Bonchev–Trinajstić information content (AvgIpc) is 3.27. The third-order valence-corrected chi connectivity index (χ3v) is 9.81. The van der Waals surface area contributed by atoms with Crippen molar-refractivity contribution in [3.63, 3.8) is 0 Å². The fourth-order valence-corrected chi connectivity index (χ4v) is 7.09. The van der Waals surface area contributed by atoms with Crippen LogP contribution in [0.5, 0.6) is 0 Å². The number of ketones is 2. The summed E-state index contributed by atoms with van der Waals surface area (Å²) in [4.78, 5) is 80.3. The number of Topliss-reactive ketones (excluding diaryl/α,β-unsaturated/α-hetero) is 2. The van der Waals surface area contributed by atoms with Crippen molar-refractivity contribution in [2.45, 2.75) is 105 Å². The zero-order valence-corrected chi connectivity index (χ0v) is 29.9. The van der Waals surface area contributed by atoms with Gasteiger partial charge < -0.3 is 24.1 Å². The zero-order valence-electron chi connectivity index (χ0n) is 29.9. The molecule has 1 N–H and O–H groups in total. The first-order valence-electron chi connectivity index (χ1n) is 16.7. The molecule has 0 radical (unpaired) electrons. The zero-order chi connectivity index (χ0) is 37.0. The van der Waals surface area contributed by atoms with Crippen molar-refractivity contribution in [2.24, 2.45) is 35.0 Å². The maximum absolute atomic E-state index is 14.5. The predicted octanol–water partition coefficient (Wildman–Crippen LogP) is 4.98. The van der Waals surface area contributed by atoms with E-state index in [9.17, 15) is 33.9 Å². The smallest absolute Gasteiger partial charge is 0.338 e. The fraction of sp³-hybridized carbons (Fsp3) is 0.579. The number of ether oxygens (including phenoxy) is 4. The molecule has 11 heteroatoms. The molecule has 3 rings (SSSR count). The van der Waals surface area contributed by atoms with Gasteiger partial charge in [-0.25, -0.2) is 4.79 Å². The van der Waals surface area contributed by atoms with E-state index in [-0.39, 0.29) is 23.3 Å². The van der Waals surface area contributed by atoms with Crippen molar-refractivity contribution >= 4 is 35.4 Å². The number of carbonyl (C=O) groups excluding carboxylic acids is 6. The molecule has 0 saturated heterocycles. The summed E-state index contributed by atoms with van der Waals surface area (Å²) in [5.74, 6) is -8.71. The molecule has 0 aromatic heterocycles. The minimum absolute atomic E-state index is 0.0695. The highest BCUT2D eigenvalue weighted by Crippen LogP contribution is 2.51. The summed E-state index contributed by atoms with van der Waals surface area (Å²) in [6.45, 7) is 17.9. The minimum atomic E-state index is -1.62. The molecule has 49 heavy (non-hydrogen) atoms. The van der Waals surface area contributed by atoms with Gasteiger partial charge in [-0.05, 0) is 37.5 Å². The van der Waals surface area contributed by atoms with E-state index in [0.29, 0.717) is 6.42 Å². The molecule has 0 heterocycles. The normalized spacial score (nSPS) is 32.7. The molecule has 2 aliphatic carbocycles. The number of aliphatic hydroxyl groups excluding tert-OH is 1. The van der Waals surface area contributed by atoms with Crippen LogP contribution < -0.4 is 0 Å². The van der Waals surface area contributed by atoms with Crippen LogP contribution in [0.1, 0.15) is 85.5 Å². The topological polar surface area (TPSA) is 160 Å². The summed E-state index contributed by atoms with van der Waals surface area (Å²) in [7, 11) is 0. The van der Waals surface area contributed by atoms with E-state index in [1.807, 2.05) is 0 Å². The Bertz CT molecular complexity index is 1480. The van der Waals surface area contributed by atoms with Crippen molar-refractivity contribution in [3.8, 4) is 0 Å². The Kier molecular flexibility index (Phi) is 12.5. The number of carbonyl (C=O) groups is 6. The first kappa shape index (κ1) is 39.3. The summed E-state index contributed by atoms with van der Waals surface area (Å²) in [6, 6.07) is 7.99.